The van der Waals surface area contributed by atoms with Crippen LogP contribution in [-0.4, -0.2) is 31.1 Å². The number of amides is 1. The lowest BCUT2D eigenvalue weighted by molar-refractivity contribution is 0.0939. The van der Waals surface area contributed by atoms with Crippen molar-refractivity contribution in [1.29, 1.82) is 0 Å². The third kappa shape index (κ3) is 3.51. The molecule has 3 aromatic rings. The first-order chi connectivity index (χ1) is 12.8. The topological polar surface area (TPSA) is 101 Å². The first kappa shape index (κ1) is 18.9. The summed E-state index contributed by atoms with van der Waals surface area (Å²) in [6.45, 7) is 8.52. The summed E-state index contributed by atoms with van der Waals surface area (Å²) in [5.41, 5.74) is 0.127. The SMILES string of the molecule is CC[C@H](C)NC(=O)c1ccc2c(=O)n(CCC(C)C)c3n[nH]c(=O)n3c2c1. The number of rotatable bonds is 6. The fraction of sp³-hybridized carbons (Fsp3) is 0.474. The van der Waals surface area contributed by atoms with Gasteiger partial charge in [-0.05, 0) is 43.9 Å². The van der Waals surface area contributed by atoms with E-state index < -0.39 is 5.69 Å². The lowest BCUT2D eigenvalue weighted by atomic mass is 10.1. The van der Waals surface area contributed by atoms with Crippen LogP contribution in [0.4, 0.5) is 0 Å². The quantitative estimate of drug-likeness (QED) is 0.691. The van der Waals surface area contributed by atoms with Crippen molar-refractivity contribution in [2.75, 3.05) is 0 Å². The lowest BCUT2D eigenvalue weighted by Crippen LogP contribution is -2.32. The molecule has 1 atom stereocenters. The van der Waals surface area contributed by atoms with Crippen molar-refractivity contribution in [3.05, 3.63) is 44.6 Å². The fourth-order valence-electron chi connectivity index (χ4n) is 2.96. The van der Waals surface area contributed by atoms with E-state index in [1.54, 1.807) is 18.2 Å². The molecule has 144 valence electrons. The van der Waals surface area contributed by atoms with Gasteiger partial charge in [0, 0.05) is 18.2 Å². The number of carbonyl (C=O) groups is 1. The minimum absolute atomic E-state index is 0.0360. The van der Waals surface area contributed by atoms with Crippen LogP contribution in [0.5, 0.6) is 0 Å². The Morgan fingerprint density at radius 1 is 1.26 bits per heavy atom. The van der Waals surface area contributed by atoms with Gasteiger partial charge in [-0.3, -0.25) is 14.2 Å². The molecule has 2 heterocycles. The second-order valence-electron chi connectivity index (χ2n) is 7.32. The first-order valence-corrected chi connectivity index (χ1v) is 9.28. The molecule has 8 nitrogen and oxygen atoms in total. The molecule has 0 spiro atoms. The molecule has 8 heteroatoms. The minimum Gasteiger partial charge on any atom is -0.350 e. The molecule has 0 aliphatic rings. The Morgan fingerprint density at radius 2 is 2.00 bits per heavy atom. The standard InChI is InChI=1S/C19H25N5O3/c1-5-12(4)20-16(25)13-6-7-14-15(10-13)24-18(21-22-19(24)27)23(17(14)26)9-8-11(2)3/h6-7,10-12H,5,8-9H2,1-4H3,(H,20,25)(H,22,27)/t12-/m0/s1. The predicted molar refractivity (Wildman–Crippen MR) is 104 cm³/mol. The second-order valence-corrected chi connectivity index (χ2v) is 7.32. The van der Waals surface area contributed by atoms with Crippen LogP contribution < -0.4 is 16.6 Å². The van der Waals surface area contributed by atoms with Crippen LogP contribution in [0.3, 0.4) is 0 Å². The van der Waals surface area contributed by atoms with Crippen LogP contribution in [-0.2, 0) is 6.54 Å². The van der Waals surface area contributed by atoms with E-state index in [-0.39, 0.29) is 23.3 Å². The maximum atomic E-state index is 13.0. The molecule has 27 heavy (non-hydrogen) atoms. The van der Waals surface area contributed by atoms with Crippen molar-refractivity contribution < 1.29 is 4.79 Å². The Labute approximate surface area is 156 Å². The van der Waals surface area contributed by atoms with Gasteiger partial charge in [0.2, 0.25) is 5.78 Å². The third-order valence-corrected chi connectivity index (χ3v) is 4.79. The number of aromatic amines is 1. The maximum absolute atomic E-state index is 13.0. The van der Waals surface area contributed by atoms with E-state index in [1.165, 1.54) is 8.97 Å². The van der Waals surface area contributed by atoms with Gasteiger partial charge in [-0.25, -0.2) is 14.3 Å². The number of H-pyrrole nitrogens is 1. The average Bonchev–Trinajstić information content (AvgIpc) is 3.02. The molecule has 0 bridgehead atoms. The zero-order valence-corrected chi connectivity index (χ0v) is 16.1. The molecule has 0 radical (unpaired) electrons. The van der Waals surface area contributed by atoms with Crippen LogP contribution in [0, 0.1) is 5.92 Å². The lowest BCUT2D eigenvalue weighted by Gasteiger charge is -2.13. The predicted octanol–water partition coefficient (Wildman–Crippen LogP) is 1.91. The average molecular weight is 371 g/mol. The van der Waals surface area contributed by atoms with Gasteiger partial charge in [0.1, 0.15) is 0 Å². The summed E-state index contributed by atoms with van der Waals surface area (Å²) in [7, 11) is 0. The van der Waals surface area contributed by atoms with Crippen molar-refractivity contribution >= 4 is 22.6 Å². The van der Waals surface area contributed by atoms with E-state index >= 15 is 0 Å². The molecule has 3 rings (SSSR count). The number of hydrogen-bond acceptors (Lipinski definition) is 4. The van der Waals surface area contributed by atoms with E-state index in [9.17, 15) is 14.4 Å². The molecule has 0 aliphatic carbocycles. The van der Waals surface area contributed by atoms with Gasteiger partial charge < -0.3 is 5.32 Å². The van der Waals surface area contributed by atoms with Crippen LogP contribution >= 0.6 is 0 Å². The Hall–Kier alpha value is -2.90. The highest BCUT2D eigenvalue weighted by Gasteiger charge is 2.17. The van der Waals surface area contributed by atoms with Crippen molar-refractivity contribution in [1.82, 2.24) is 24.5 Å². The molecular weight excluding hydrogens is 346 g/mol. The Kier molecular flexibility index (Phi) is 5.16. The van der Waals surface area contributed by atoms with Gasteiger partial charge in [0.25, 0.3) is 11.5 Å². The normalized spacial score (nSPS) is 12.8. The molecular formula is C19H25N5O3. The molecule has 0 saturated carbocycles. The summed E-state index contributed by atoms with van der Waals surface area (Å²) in [6.07, 6.45) is 1.60. The van der Waals surface area contributed by atoms with Gasteiger partial charge in [-0.2, -0.15) is 0 Å². The van der Waals surface area contributed by atoms with Crippen molar-refractivity contribution in [3.8, 4) is 0 Å². The Balaban J connectivity index is 2.20. The summed E-state index contributed by atoms with van der Waals surface area (Å²) in [5, 5.41) is 9.72. The molecule has 0 aliphatic heterocycles. The number of aryl methyl sites for hydroxylation is 1. The van der Waals surface area contributed by atoms with Gasteiger partial charge in [-0.15, -0.1) is 5.10 Å². The fourth-order valence-corrected chi connectivity index (χ4v) is 2.96. The van der Waals surface area contributed by atoms with E-state index in [0.717, 1.165) is 12.8 Å². The van der Waals surface area contributed by atoms with Gasteiger partial charge in [0.15, 0.2) is 0 Å². The second kappa shape index (κ2) is 7.38. The van der Waals surface area contributed by atoms with Crippen LogP contribution in [0.2, 0.25) is 0 Å². The summed E-state index contributed by atoms with van der Waals surface area (Å²) in [6, 6.07) is 4.83. The molecule has 0 unspecified atom stereocenters. The summed E-state index contributed by atoms with van der Waals surface area (Å²) in [4.78, 5) is 37.7. The summed E-state index contributed by atoms with van der Waals surface area (Å²) in [5.74, 6) is 0.433. The smallest absolute Gasteiger partial charge is 0.349 e. The van der Waals surface area contributed by atoms with E-state index in [1.807, 2.05) is 13.8 Å². The van der Waals surface area contributed by atoms with Crippen LogP contribution in [0.25, 0.3) is 16.7 Å². The molecule has 1 amide bonds. The zero-order chi connectivity index (χ0) is 19.7. The highest BCUT2D eigenvalue weighted by molar-refractivity contribution is 5.98. The molecule has 2 N–H and O–H groups in total. The number of nitrogens with zero attached hydrogens (tertiary/aromatic N) is 3. The van der Waals surface area contributed by atoms with Crippen molar-refractivity contribution in [3.63, 3.8) is 0 Å². The van der Waals surface area contributed by atoms with Gasteiger partial charge in [0.05, 0.1) is 10.9 Å². The molecule has 2 aromatic heterocycles. The van der Waals surface area contributed by atoms with Crippen LogP contribution in [0.1, 0.15) is 50.9 Å². The Bertz CT molecular complexity index is 1110. The first-order valence-electron chi connectivity index (χ1n) is 9.28. The van der Waals surface area contributed by atoms with Crippen molar-refractivity contribution in [2.24, 2.45) is 5.92 Å². The number of carbonyl (C=O) groups excluding carboxylic acids is 1. The van der Waals surface area contributed by atoms with E-state index in [0.29, 0.717) is 28.9 Å². The molecule has 0 saturated heterocycles. The minimum atomic E-state index is -0.437. The zero-order valence-electron chi connectivity index (χ0n) is 16.1. The highest BCUT2D eigenvalue weighted by Crippen LogP contribution is 2.15. The molecule has 0 fully saturated rings. The van der Waals surface area contributed by atoms with Crippen molar-refractivity contribution in [2.45, 2.75) is 53.1 Å². The van der Waals surface area contributed by atoms with Crippen LogP contribution in [0.15, 0.2) is 27.8 Å². The number of aromatic nitrogens is 4. The number of nitrogens with one attached hydrogen (secondary N) is 2. The third-order valence-electron chi connectivity index (χ3n) is 4.79. The van der Waals surface area contributed by atoms with Gasteiger partial charge in [-0.1, -0.05) is 20.8 Å². The highest BCUT2D eigenvalue weighted by atomic mass is 16.2. The monoisotopic (exact) mass is 371 g/mol. The number of hydrogen-bond donors (Lipinski definition) is 2. The van der Waals surface area contributed by atoms with E-state index in [2.05, 4.69) is 29.4 Å². The number of benzene rings is 1. The summed E-state index contributed by atoms with van der Waals surface area (Å²) >= 11 is 0. The number of fused-ring (bicyclic) bond motifs is 3. The summed E-state index contributed by atoms with van der Waals surface area (Å²) < 4.78 is 2.87. The maximum Gasteiger partial charge on any atom is 0.349 e. The van der Waals surface area contributed by atoms with E-state index in [4.69, 9.17) is 0 Å². The largest absolute Gasteiger partial charge is 0.350 e. The van der Waals surface area contributed by atoms with Gasteiger partial charge >= 0.3 is 5.69 Å². The Morgan fingerprint density at radius 3 is 2.67 bits per heavy atom. The molecule has 1 aromatic carbocycles.